The first-order valence-corrected chi connectivity index (χ1v) is 10.7. The summed E-state index contributed by atoms with van der Waals surface area (Å²) in [6, 6.07) is 24.8. The average molecular weight is 431 g/mol. The molecule has 0 atom stereocenters. The molecule has 0 aliphatic carbocycles. The first kappa shape index (κ1) is 20.8. The Kier molecular flexibility index (Phi) is 6.38. The number of phenols is 1. The smallest absolute Gasteiger partial charge is 0.266 e. The molecule has 5 nitrogen and oxygen atoms in total. The Morgan fingerprint density at radius 2 is 1.71 bits per heavy atom. The minimum atomic E-state index is -0.127. The second kappa shape index (κ2) is 9.53. The predicted molar refractivity (Wildman–Crippen MR) is 126 cm³/mol. The molecule has 1 amide bonds. The maximum absolute atomic E-state index is 13.2. The van der Waals surface area contributed by atoms with Crippen LogP contribution in [0.2, 0.25) is 0 Å². The van der Waals surface area contributed by atoms with E-state index in [0.717, 1.165) is 17.7 Å². The number of phenolic OH excluding ortho intramolecular Hbond substituents is 1. The summed E-state index contributed by atoms with van der Waals surface area (Å²) in [4.78, 5) is 20.2. The molecule has 0 bridgehead atoms. The molecule has 6 heteroatoms. The zero-order chi connectivity index (χ0) is 21.6. The lowest BCUT2D eigenvalue weighted by Crippen LogP contribution is -2.31. The van der Waals surface area contributed by atoms with Crippen LogP contribution in [0.1, 0.15) is 11.1 Å². The van der Waals surface area contributed by atoms with Crippen molar-refractivity contribution >= 4 is 34.6 Å². The lowest BCUT2D eigenvalue weighted by atomic mass is 10.1. The van der Waals surface area contributed by atoms with Gasteiger partial charge in [-0.2, -0.15) is 0 Å². The van der Waals surface area contributed by atoms with Gasteiger partial charge in [0, 0.05) is 12.1 Å². The number of aliphatic imine (C=N–C) groups is 1. The van der Waals surface area contributed by atoms with Gasteiger partial charge in [-0.25, -0.2) is 4.99 Å². The molecule has 1 saturated heterocycles. The number of amides is 1. The minimum Gasteiger partial charge on any atom is -0.504 e. The molecule has 1 fully saturated rings. The summed E-state index contributed by atoms with van der Waals surface area (Å²) in [5, 5.41) is 11.0. The van der Waals surface area contributed by atoms with Gasteiger partial charge in [-0.3, -0.25) is 9.69 Å². The summed E-state index contributed by atoms with van der Waals surface area (Å²) in [6.45, 7) is 0.517. The number of carbonyl (C=O) groups excluding carboxylic acids is 1. The van der Waals surface area contributed by atoms with Gasteiger partial charge < -0.3 is 9.84 Å². The SMILES string of the molecule is COc1cccc(/C=C2\SC(=Nc3ccccc3)N(CCc3ccccc3)C2=O)c1O. The summed E-state index contributed by atoms with van der Waals surface area (Å²) in [5.74, 6) is 0.247. The number of hydrogen-bond acceptors (Lipinski definition) is 5. The normalized spacial score (nSPS) is 16.3. The predicted octanol–water partition coefficient (Wildman–Crippen LogP) is 5.25. The molecule has 4 rings (SSSR count). The molecule has 3 aromatic rings. The number of amidine groups is 1. The van der Waals surface area contributed by atoms with E-state index in [1.165, 1.54) is 18.9 Å². The number of nitrogens with zero attached hydrogens (tertiary/aromatic N) is 2. The number of thioether (sulfide) groups is 1. The molecule has 0 radical (unpaired) electrons. The number of methoxy groups -OCH3 is 1. The van der Waals surface area contributed by atoms with Crippen LogP contribution in [0.5, 0.6) is 11.5 Å². The highest BCUT2D eigenvalue weighted by molar-refractivity contribution is 8.18. The van der Waals surface area contributed by atoms with E-state index in [0.29, 0.717) is 27.9 Å². The molecule has 1 aliphatic rings. The average Bonchev–Trinajstić information content (AvgIpc) is 3.09. The Labute approximate surface area is 185 Å². The summed E-state index contributed by atoms with van der Waals surface area (Å²) >= 11 is 1.31. The largest absolute Gasteiger partial charge is 0.504 e. The Bertz CT molecular complexity index is 1130. The second-order valence-corrected chi connectivity index (χ2v) is 7.94. The van der Waals surface area contributed by atoms with Crippen LogP contribution in [-0.2, 0) is 11.2 Å². The van der Waals surface area contributed by atoms with Gasteiger partial charge in [0.15, 0.2) is 16.7 Å². The number of hydrogen-bond donors (Lipinski definition) is 1. The molecule has 0 aromatic heterocycles. The molecule has 0 saturated carbocycles. The summed E-state index contributed by atoms with van der Waals surface area (Å²) in [6.07, 6.45) is 2.41. The monoisotopic (exact) mass is 430 g/mol. The second-order valence-electron chi connectivity index (χ2n) is 6.93. The maximum Gasteiger partial charge on any atom is 0.266 e. The maximum atomic E-state index is 13.2. The fraction of sp³-hybridized carbons (Fsp3) is 0.120. The fourth-order valence-corrected chi connectivity index (χ4v) is 4.26. The van der Waals surface area contributed by atoms with E-state index >= 15 is 0 Å². The quantitative estimate of drug-likeness (QED) is 0.543. The third kappa shape index (κ3) is 4.81. The topological polar surface area (TPSA) is 62.1 Å². The minimum absolute atomic E-state index is 0.00943. The summed E-state index contributed by atoms with van der Waals surface area (Å²) in [5.41, 5.74) is 2.47. The number of rotatable bonds is 6. The molecule has 156 valence electrons. The van der Waals surface area contributed by atoms with E-state index in [1.54, 1.807) is 29.2 Å². The standard InChI is InChI=1S/C25H22N2O3S/c1-30-21-14-8-11-19(23(21)28)17-22-24(29)27(16-15-18-9-4-2-5-10-18)25(31-22)26-20-12-6-3-7-13-20/h2-14,17,28H,15-16H2,1H3/b22-17-,26-25?. The fourth-order valence-electron chi connectivity index (χ4n) is 3.25. The molecule has 1 aliphatic heterocycles. The molecule has 0 spiro atoms. The van der Waals surface area contributed by atoms with Crippen molar-refractivity contribution in [2.45, 2.75) is 6.42 Å². The highest BCUT2D eigenvalue weighted by atomic mass is 32.2. The Morgan fingerprint density at radius 1 is 1.00 bits per heavy atom. The van der Waals surface area contributed by atoms with Gasteiger partial charge in [-0.15, -0.1) is 0 Å². The van der Waals surface area contributed by atoms with E-state index in [9.17, 15) is 9.90 Å². The first-order valence-electron chi connectivity index (χ1n) is 9.91. The van der Waals surface area contributed by atoms with Gasteiger partial charge in [-0.1, -0.05) is 60.7 Å². The van der Waals surface area contributed by atoms with Crippen LogP contribution in [0.3, 0.4) is 0 Å². The van der Waals surface area contributed by atoms with Gasteiger partial charge >= 0.3 is 0 Å². The third-order valence-corrected chi connectivity index (χ3v) is 5.88. The van der Waals surface area contributed by atoms with Crippen molar-refractivity contribution in [2.24, 2.45) is 4.99 Å². The van der Waals surface area contributed by atoms with Crippen LogP contribution in [0, 0.1) is 0 Å². The molecular formula is C25H22N2O3S. The summed E-state index contributed by atoms with van der Waals surface area (Å²) < 4.78 is 5.18. The van der Waals surface area contributed by atoms with Crippen molar-refractivity contribution < 1.29 is 14.6 Å². The zero-order valence-electron chi connectivity index (χ0n) is 17.1. The number of carbonyl (C=O) groups is 1. The van der Waals surface area contributed by atoms with E-state index in [1.807, 2.05) is 60.7 Å². The van der Waals surface area contributed by atoms with Gasteiger partial charge in [0.25, 0.3) is 5.91 Å². The van der Waals surface area contributed by atoms with E-state index in [4.69, 9.17) is 9.73 Å². The Balaban J connectivity index is 1.66. The lowest BCUT2D eigenvalue weighted by molar-refractivity contribution is -0.122. The van der Waals surface area contributed by atoms with E-state index < -0.39 is 0 Å². The van der Waals surface area contributed by atoms with Crippen molar-refractivity contribution in [2.75, 3.05) is 13.7 Å². The summed E-state index contributed by atoms with van der Waals surface area (Å²) in [7, 11) is 1.50. The third-order valence-electron chi connectivity index (χ3n) is 4.87. The van der Waals surface area contributed by atoms with Crippen LogP contribution in [0.15, 0.2) is 88.8 Å². The van der Waals surface area contributed by atoms with Gasteiger partial charge in [0.1, 0.15) is 0 Å². The van der Waals surface area contributed by atoms with Crippen LogP contribution in [-0.4, -0.2) is 34.7 Å². The zero-order valence-corrected chi connectivity index (χ0v) is 17.9. The van der Waals surface area contributed by atoms with Crippen molar-refractivity contribution in [3.8, 4) is 11.5 Å². The number of ether oxygens (including phenoxy) is 1. The molecule has 0 unspecified atom stereocenters. The number of aromatic hydroxyl groups is 1. The molecule has 31 heavy (non-hydrogen) atoms. The van der Waals surface area contributed by atoms with Crippen molar-refractivity contribution in [3.05, 3.63) is 94.9 Å². The van der Waals surface area contributed by atoms with Gasteiger partial charge in [0.2, 0.25) is 0 Å². The van der Waals surface area contributed by atoms with Crippen molar-refractivity contribution in [3.63, 3.8) is 0 Å². The number of benzene rings is 3. The van der Waals surface area contributed by atoms with Gasteiger partial charge in [0.05, 0.1) is 17.7 Å². The molecule has 1 heterocycles. The molecule has 3 aromatic carbocycles. The van der Waals surface area contributed by atoms with Crippen LogP contribution >= 0.6 is 11.8 Å². The molecule has 1 N–H and O–H groups in total. The van der Waals surface area contributed by atoms with Crippen molar-refractivity contribution in [1.82, 2.24) is 4.90 Å². The van der Waals surface area contributed by atoms with E-state index in [-0.39, 0.29) is 11.7 Å². The lowest BCUT2D eigenvalue weighted by Gasteiger charge is -2.15. The van der Waals surface area contributed by atoms with Crippen molar-refractivity contribution in [1.29, 1.82) is 0 Å². The van der Waals surface area contributed by atoms with E-state index in [2.05, 4.69) is 0 Å². The Morgan fingerprint density at radius 3 is 2.42 bits per heavy atom. The van der Waals surface area contributed by atoms with Crippen LogP contribution < -0.4 is 4.74 Å². The highest BCUT2D eigenvalue weighted by Crippen LogP contribution is 2.37. The Hall–Kier alpha value is -3.51. The molecular weight excluding hydrogens is 408 g/mol. The van der Waals surface area contributed by atoms with Crippen LogP contribution in [0.25, 0.3) is 6.08 Å². The number of para-hydroxylation sites is 2. The van der Waals surface area contributed by atoms with Gasteiger partial charge in [-0.05, 0) is 48.0 Å². The first-order chi connectivity index (χ1) is 15.2. The van der Waals surface area contributed by atoms with Crippen LogP contribution in [0.4, 0.5) is 5.69 Å². The highest BCUT2D eigenvalue weighted by Gasteiger charge is 2.33.